The van der Waals surface area contributed by atoms with Crippen LogP contribution >= 0.6 is 0 Å². The molecule has 21 heavy (non-hydrogen) atoms. The van der Waals surface area contributed by atoms with Gasteiger partial charge in [0.25, 0.3) is 5.91 Å². The Morgan fingerprint density at radius 1 is 1.10 bits per heavy atom. The van der Waals surface area contributed by atoms with Crippen LogP contribution in [0.1, 0.15) is 35.3 Å². The van der Waals surface area contributed by atoms with Gasteiger partial charge in [0.05, 0.1) is 5.56 Å². The molecule has 2 rings (SSSR count). The molecule has 0 saturated heterocycles. The van der Waals surface area contributed by atoms with E-state index in [4.69, 9.17) is 0 Å². The van der Waals surface area contributed by atoms with Gasteiger partial charge in [-0.25, -0.2) is 0 Å². The molecule has 0 radical (unpaired) electrons. The number of amides is 1. The lowest BCUT2D eigenvalue weighted by molar-refractivity contribution is 0.0772. The van der Waals surface area contributed by atoms with Crippen molar-refractivity contribution in [1.29, 1.82) is 0 Å². The van der Waals surface area contributed by atoms with Crippen LogP contribution in [-0.2, 0) is 0 Å². The summed E-state index contributed by atoms with van der Waals surface area (Å²) in [6.07, 6.45) is 3.47. The number of aryl methyl sites for hydroxylation is 2. The molecule has 0 aliphatic heterocycles. The van der Waals surface area contributed by atoms with Crippen LogP contribution in [0, 0.1) is 13.8 Å². The molecule has 3 nitrogen and oxygen atoms in total. The van der Waals surface area contributed by atoms with Crippen molar-refractivity contribution in [2.45, 2.75) is 27.7 Å². The summed E-state index contributed by atoms with van der Waals surface area (Å²) in [6, 6.07) is 8.27. The Hall–Kier alpha value is -2.16. The molecule has 0 atom stereocenters. The van der Waals surface area contributed by atoms with E-state index in [9.17, 15) is 4.79 Å². The van der Waals surface area contributed by atoms with Crippen molar-refractivity contribution in [3.05, 3.63) is 53.3 Å². The smallest absolute Gasteiger partial charge is 0.255 e. The van der Waals surface area contributed by atoms with Gasteiger partial charge in [-0.05, 0) is 44.9 Å². The lowest BCUT2D eigenvalue weighted by Crippen LogP contribution is -2.30. The summed E-state index contributed by atoms with van der Waals surface area (Å²) >= 11 is 0. The van der Waals surface area contributed by atoms with Gasteiger partial charge in [-0.15, -0.1) is 0 Å². The van der Waals surface area contributed by atoms with Crippen molar-refractivity contribution < 1.29 is 4.79 Å². The van der Waals surface area contributed by atoms with E-state index >= 15 is 0 Å². The number of carbonyl (C=O) groups excluding carboxylic acids is 1. The second-order valence-electron chi connectivity index (χ2n) is 5.26. The fourth-order valence-electron chi connectivity index (χ4n) is 2.44. The summed E-state index contributed by atoms with van der Waals surface area (Å²) in [5.41, 5.74) is 5.17. The number of benzene rings is 1. The summed E-state index contributed by atoms with van der Waals surface area (Å²) in [5, 5.41) is 0. The topological polar surface area (TPSA) is 33.2 Å². The van der Waals surface area contributed by atoms with Gasteiger partial charge in [-0.3, -0.25) is 9.78 Å². The number of hydrogen-bond donors (Lipinski definition) is 0. The minimum absolute atomic E-state index is 0.0413. The molecule has 1 aromatic heterocycles. The molecule has 110 valence electrons. The zero-order valence-electron chi connectivity index (χ0n) is 13.2. The van der Waals surface area contributed by atoms with Gasteiger partial charge < -0.3 is 4.90 Å². The molecule has 0 N–H and O–H groups in total. The molecule has 2 aromatic rings. The first kappa shape index (κ1) is 15.2. The van der Waals surface area contributed by atoms with Gasteiger partial charge in [0.1, 0.15) is 0 Å². The fraction of sp³-hybridized carbons (Fsp3) is 0.333. The van der Waals surface area contributed by atoms with Gasteiger partial charge in [0.2, 0.25) is 0 Å². The Morgan fingerprint density at radius 2 is 1.81 bits per heavy atom. The van der Waals surface area contributed by atoms with Crippen LogP contribution in [0.2, 0.25) is 0 Å². The van der Waals surface area contributed by atoms with Gasteiger partial charge in [-0.1, -0.05) is 23.8 Å². The third-order valence-corrected chi connectivity index (χ3v) is 3.74. The lowest BCUT2D eigenvalue weighted by Gasteiger charge is -2.18. The summed E-state index contributed by atoms with van der Waals surface area (Å²) < 4.78 is 0. The van der Waals surface area contributed by atoms with Crippen LogP contribution in [0.25, 0.3) is 11.1 Å². The quantitative estimate of drug-likeness (QED) is 0.853. The standard InChI is InChI=1S/C18H22N2O/c1-5-20(6-2)18(21)16-10-15(11-19-12-16)17-9-13(3)7-8-14(17)4/h7-12H,5-6H2,1-4H3. The number of carbonyl (C=O) groups is 1. The molecule has 1 amide bonds. The van der Waals surface area contributed by atoms with E-state index in [0.717, 1.165) is 11.1 Å². The monoisotopic (exact) mass is 282 g/mol. The van der Waals surface area contributed by atoms with Crippen molar-refractivity contribution in [2.75, 3.05) is 13.1 Å². The van der Waals surface area contributed by atoms with Crippen molar-refractivity contribution in [2.24, 2.45) is 0 Å². The van der Waals surface area contributed by atoms with Crippen LogP contribution in [0.15, 0.2) is 36.7 Å². The molecule has 3 heteroatoms. The minimum Gasteiger partial charge on any atom is -0.339 e. The normalized spacial score (nSPS) is 10.5. The van der Waals surface area contributed by atoms with Crippen molar-refractivity contribution in [3.8, 4) is 11.1 Å². The molecule has 0 bridgehead atoms. The zero-order chi connectivity index (χ0) is 15.4. The molecule has 0 aliphatic rings. The third kappa shape index (κ3) is 3.30. The Balaban J connectivity index is 2.42. The third-order valence-electron chi connectivity index (χ3n) is 3.74. The van der Waals surface area contributed by atoms with E-state index in [2.05, 4.69) is 37.0 Å². The Bertz CT molecular complexity index is 645. The SMILES string of the molecule is CCN(CC)C(=O)c1cncc(-c2cc(C)ccc2C)c1. The molecule has 0 unspecified atom stereocenters. The number of aromatic nitrogens is 1. The molecule has 0 aliphatic carbocycles. The molecule has 0 saturated carbocycles. The highest BCUT2D eigenvalue weighted by molar-refractivity contribution is 5.95. The van der Waals surface area contributed by atoms with E-state index < -0.39 is 0 Å². The van der Waals surface area contributed by atoms with Crippen LogP contribution in [0.5, 0.6) is 0 Å². The Morgan fingerprint density at radius 3 is 2.48 bits per heavy atom. The maximum absolute atomic E-state index is 12.4. The number of pyridine rings is 1. The van der Waals surface area contributed by atoms with Crippen molar-refractivity contribution in [1.82, 2.24) is 9.88 Å². The highest BCUT2D eigenvalue weighted by Gasteiger charge is 2.14. The van der Waals surface area contributed by atoms with E-state index in [1.165, 1.54) is 11.1 Å². The average molecular weight is 282 g/mol. The molecule has 0 fully saturated rings. The maximum atomic E-state index is 12.4. The predicted molar refractivity (Wildman–Crippen MR) is 86.4 cm³/mol. The molecule has 0 spiro atoms. The van der Waals surface area contributed by atoms with Crippen molar-refractivity contribution >= 4 is 5.91 Å². The molecule has 1 heterocycles. The second-order valence-corrected chi connectivity index (χ2v) is 5.26. The molecular weight excluding hydrogens is 260 g/mol. The first-order chi connectivity index (χ1) is 10.1. The van der Waals surface area contributed by atoms with E-state index in [1.54, 1.807) is 6.20 Å². The highest BCUT2D eigenvalue weighted by atomic mass is 16.2. The van der Waals surface area contributed by atoms with Gasteiger partial charge in [0, 0.05) is 31.0 Å². The molecule has 1 aromatic carbocycles. The summed E-state index contributed by atoms with van der Waals surface area (Å²) in [5.74, 6) is 0.0413. The van der Waals surface area contributed by atoms with Crippen LogP contribution < -0.4 is 0 Å². The minimum atomic E-state index is 0.0413. The summed E-state index contributed by atoms with van der Waals surface area (Å²) in [7, 11) is 0. The first-order valence-electron chi connectivity index (χ1n) is 7.38. The maximum Gasteiger partial charge on any atom is 0.255 e. The average Bonchev–Trinajstić information content (AvgIpc) is 2.51. The largest absolute Gasteiger partial charge is 0.339 e. The van der Waals surface area contributed by atoms with Crippen molar-refractivity contribution in [3.63, 3.8) is 0 Å². The number of nitrogens with zero attached hydrogens (tertiary/aromatic N) is 2. The van der Waals surface area contributed by atoms with Gasteiger partial charge in [-0.2, -0.15) is 0 Å². The summed E-state index contributed by atoms with van der Waals surface area (Å²) in [6.45, 7) is 9.55. The van der Waals surface area contributed by atoms with Gasteiger partial charge in [0.15, 0.2) is 0 Å². The summed E-state index contributed by atoms with van der Waals surface area (Å²) in [4.78, 5) is 18.5. The van der Waals surface area contributed by atoms with Crippen LogP contribution in [0.4, 0.5) is 0 Å². The predicted octanol–water partition coefficient (Wildman–Crippen LogP) is 3.85. The van der Waals surface area contributed by atoms with E-state index in [1.807, 2.05) is 31.0 Å². The lowest BCUT2D eigenvalue weighted by atomic mass is 9.98. The van der Waals surface area contributed by atoms with Crippen LogP contribution in [-0.4, -0.2) is 28.9 Å². The number of rotatable bonds is 4. The number of hydrogen-bond acceptors (Lipinski definition) is 2. The Labute approximate surface area is 126 Å². The van der Waals surface area contributed by atoms with E-state index in [-0.39, 0.29) is 5.91 Å². The van der Waals surface area contributed by atoms with E-state index in [0.29, 0.717) is 18.7 Å². The molecular formula is C18H22N2O. The van der Waals surface area contributed by atoms with Crippen LogP contribution in [0.3, 0.4) is 0 Å². The zero-order valence-corrected chi connectivity index (χ0v) is 13.2. The fourth-order valence-corrected chi connectivity index (χ4v) is 2.44. The first-order valence-corrected chi connectivity index (χ1v) is 7.38. The van der Waals surface area contributed by atoms with Gasteiger partial charge >= 0.3 is 0 Å². The Kier molecular flexibility index (Phi) is 4.73. The highest BCUT2D eigenvalue weighted by Crippen LogP contribution is 2.25. The second kappa shape index (κ2) is 6.53.